The van der Waals surface area contributed by atoms with Crippen LogP contribution < -0.4 is 4.31 Å². The molecule has 0 saturated heterocycles. The summed E-state index contributed by atoms with van der Waals surface area (Å²) in [7, 11) is -2.40. The van der Waals surface area contributed by atoms with Gasteiger partial charge >= 0.3 is 5.97 Å². The number of carboxylic acids is 1. The molecule has 25 heavy (non-hydrogen) atoms. The zero-order valence-electron chi connectivity index (χ0n) is 13.9. The molecule has 0 saturated carbocycles. The van der Waals surface area contributed by atoms with Crippen molar-refractivity contribution in [3.63, 3.8) is 0 Å². The zero-order chi connectivity index (χ0) is 18.6. The Morgan fingerprint density at radius 1 is 1.24 bits per heavy atom. The molecule has 6 nitrogen and oxygen atoms in total. The van der Waals surface area contributed by atoms with Crippen molar-refractivity contribution in [1.29, 1.82) is 5.26 Å². The van der Waals surface area contributed by atoms with E-state index in [1.54, 1.807) is 43.3 Å². The average Bonchev–Trinajstić information content (AvgIpc) is 2.59. The number of carboxylic acid groups (broad SMARTS) is 1. The summed E-state index contributed by atoms with van der Waals surface area (Å²) in [6.45, 7) is 1.67. The number of sulfonamides is 1. The van der Waals surface area contributed by atoms with Gasteiger partial charge in [0, 0.05) is 13.5 Å². The van der Waals surface area contributed by atoms with Gasteiger partial charge in [-0.15, -0.1) is 0 Å². The number of aliphatic carboxylic acids is 1. The first kappa shape index (κ1) is 18.5. The van der Waals surface area contributed by atoms with Gasteiger partial charge in [-0.3, -0.25) is 9.10 Å². The first-order chi connectivity index (χ1) is 11.8. The molecule has 130 valence electrons. The van der Waals surface area contributed by atoms with Gasteiger partial charge in [0.25, 0.3) is 10.0 Å². The van der Waals surface area contributed by atoms with Gasteiger partial charge in [0.05, 0.1) is 22.2 Å². The molecule has 0 radical (unpaired) electrons. The van der Waals surface area contributed by atoms with E-state index in [1.807, 2.05) is 6.07 Å². The Hall–Kier alpha value is -2.85. The summed E-state index contributed by atoms with van der Waals surface area (Å²) < 4.78 is 27.0. The summed E-state index contributed by atoms with van der Waals surface area (Å²) in [4.78, 5) is 10.8. The number of benzene rings is 2. The first-order valence-corrected chi connectivity index (χ1v) is 9.00. The largest absolute Gasteiger partial charge is 0.481 e. The molecule has 7 heteroatoms. The second kappa shape index (κ2) is 7.36. The first-order valence-electron chi connectivity index (χ1n) is 7.56. The molecule has 0 bridgehead atoms. The van der Waals surface area contributed by atoms with Crippen LogP contribution in [0.15, 0.2) is 47.4 Å². The van der Waals surface area contributed by atoms with Gasteiger partial charge < -0.3 is 5.11 Å². The maximum absolute atomic E-state index is 12.9. The second-order valence-electron chi connectivity index (χ2n) is 5.63. The maximum atomic E-state index is 12.9. The summed E-state index contributed by atoms with van der Waals surface area (Å²) in [6.07, 6.45) is 0.295. The molecule has 2 aromatic rings. The minimum Gasteiger partial charge on any atom is -0.481 e. The van der Waals surface area contributed by atoms with Crippen LogP contribution in [0.25, 0.3) is 0 Å². The SMILES string of the molecule is Cc1ccc(C#N)cc1S(=O)(=O)N(C)c1cccc(CCC(=O)O)c1. The molecule has 2 aromatic carbocycles. The van der Waals surface area contributed by atoms with E-state index < -0.39 is 16.0 Å². The molecular weight excluding hydrogens is 340 g/mol. The lowest BCUT2D eigenvalue weighted by Crippen LogP contribution is -2.27. The highest BCUT2D eigenvalue weighted by atomic mass is 32.2. The minimum absolute atomic E-state index is 0.0246. The number of hydrogen-bond acceptors (Lipinski definition) is 4. The van der Waals surface area contributed by atoms with Gasteiger partial charge in [-0.25, -0.2) is 8.42 Å². The molecular formula is C18H18N2O4S. The van der Waals surface area contributed by atoms with Gasteiger partial charge in [0.15, 0.2) is 0 Å². The molecule has 0 aromatic heterocycles. The Bertz CT molecular complexity index is 946. The number of carbonyl (C=O) groups is 1. The predicted octanol–water partition coefficient (Wildman–Crippen LogP) is 2.71. The van der Waals surface area contributed by atoms with Crippen LogP contribution in [-0.4, -0.2) is 26.5 Å². The van der Waals surface area contributed by atoms with Gasteiger partial charge in [0.1, 0.15) is 0 Å². The van der Waals surface area contributed by atoms with Crippen LogP contribution in [0, 0.1) is 18.3 Å². The third-order valence-electron chi connectivity index (χ3n) is 3.86. The smallest absolute Gasteiger partial charge is 0.303 e. The highest BCUT2D eigenvalue weighted by molar-refractivity contribution is 7.92. The summed E-state index contributed by atoms with van der Waals surface area (Å²) in [5.41, 5.74) is 2.00. The molecule has 0 aliphatic heterocycles. The van der Waals surface area contributed by atoms with Crippen molar-refractivity contribution in [3.8, 4) is 6.07 Å². The highest BCUT2D eigenvalue weighted by Gasteiger charge is 2.24. The summed E-state index contributed by atoms with van der Waals surface area (Å²) >= 11 is 0. The zero-order valence-corrected chi connectivity index (χ0v) is 14.7. The lowest BCUT2D eigenvalue weighted by molar-refractivity contribution is -0.136. The Morgan fingerprint density at radius 2 is 1.96 bits per heavy atom. The summed E-state index contributed by atoms with van der Waals surface area (Å²) in [5, 5.41) is 17.8. The molecule has 0 aliphatic carbocycles. The molecule has 2 rings (SSSR count). The van der Waals surface area contributed by atoms with Gasteiger partial charge in [-0.05, 0) is 48.7 Å². The average molecular weight is 358 g/mol. The van der Waals surface area contributed by atoms with Crippen molar-refractivity contribution in [2.45, 2.75) is 24.7 Å². The Balaban J connectivity index is 2.39. The van der Waals surface area contributed by atoms with Crippen LogP contribution in [0.3, 0.4) is 0 Å². The highest BCUT2D eigenvalue weighted by Crippen LogP contribution is 2.26. The Labute approximate surface area is 147 Å². The van der Waals surface area contributed by atoms with Crippen LogP contribution >= 0.6 is 0 Å². The Kier molecular flexibility index (Phi) is 5.45. The molecule has 0 atom stereocenters. The normalized spacial score (nSPS) is 10.9. The fraction of sp³-hybridized carbons (Fsp3) is 0.222. The van der Waals surface area contributed by atoms with E-state index in [0.29, 0.717) is 17.7 Å². The van der Waals surface area contributed by atoms with Crippen molar-refractivity contribution in [3.05, 3.63) is 59.2 Å². The lowest BCUT2D eigenvalue weighted by Gasteiger charge is -2.21. The third-order valence-corrected chi connectivity index (χ3v) is 5.78. The van der Waals surface area contributed by atoms with Crippen molar-refractivity contribution < 1.29 is 18.3 Å². The second-order valence-corrected chi connectivity index (χ2v) is 7.57. The lowest BCUT2D eigenvalue weighted by atomic mass is 10.1. The third kappa shape index (κ3) is 4.17. The Morgan fingerprint density at radius 3 is 2.60 bits per heavy atom. The van der Waals surface area contributed by atoms with Crippen LogP contribution in [0.5, 0.6) is 0 Å². The van der Waals surface area contributed by atoms with E-state index >= 15 is 0 Å². The quantitative estimate of drug-likeness (QED) is 0.856. The molecule has 0 spiro atoms. The number of nitrogens with zero attached hydrogens (tertiary/aromatic N) is 2. The van der Waals surface area contributed by atoms with Gasteiger partial charge in [0.2, 0.25) is 0 Å². The topological polar surface area (TPSA) is 98.5 Å². The standard InChI is InChI=1S/C18H18N2O4S/c1-13-6-7-15(12-19)11-17(13)25(23,24)20(2)16-5-3-4-14(10-16)8-9-18(21)22/h3-7,10-11H,8-9H2,1-2H3,(H,21,22). The van der Waals surface area contributed by atoms with Crippen molar-refractivity contribution in [2.75, 3.05) is 11.4 Å². The molecule has 1 N–H and O–H groups in total. The fourth-order valence-corrected chi connectivity index (χ4v) is 3.83. The molecule has 0 amide bonds. The maximum Gasteiger partial charge on any atom is 0.303 e. The van der Waals surface area contributed by atoms with Crippen molar-refractivity contribution >= 4 is 21.7 Å². The van der Waals surface area contributed by atoms with Crippen molar-refractivity contribution in [2.24, 2.45) is 0 Å². The molecule has 0 heterocycles. The number of rotatable bonds is 6. The van der Waals surface area contributed by atoms with E-state index in [9.17, 15) is 13.2 Å². The summed E-state index contributed by atoms with van der Waals surface area (Å²) in [5.74, 6) is -0.907. The predicted molar refractivity (Wildman–Crippen MR) is 93.9 cm³/mol. The fourth-order valence-electron chi connectivity index (χ4n) is 2.39. The van der Waals surface area contributed by atoms with Crippen LogP contribution in [-0.2, 0) is 21.2 Å². The van der Waals surface area contributed by atoms with Gasteiger partial charge in [-0.1, -0.05) is 18.2 Å². The number of hydrogen-bond donors (Lipinski definition) is 1. The minimum atomic E-state index is -3.84. The summed E-state index contributed by atoms with van der Waals surface area (Å²) in [6, 6.07) is 13.2. The monoisotopic (exact) mass is 358 g/mol. The van der Waals surface area contributed by atoms with Crippen LogP contribution in [0.1, 0.15) is 23.1 Å². The van der Waals surface area contributed by atoms with E-state index in [0.717, 1.165) is 9.87 Å². The molecule has 0 unspecified atom stereocenters. The van der Waals surface area contributed by atoms with Gasteiger partial charge in [-0.2, -0.15) is 5.26 Å². The number of nitriles is 1. The van der Waals surface area contributed by atoms with E-state index in [4.69, 9.17) is 10.4 Å². The van der Waals surface area contributed by atoms with Crippen molar-refractivity contribution in [1.82, 2.24) is 0 Å². The van der Waals surface area contributed by atoms with Crippen LogP contribution in [0.4, 0.5) is 5.69 Å². The van der Waals surface area contributed by atoms with Crippen LogP contribution in [0.2, 0.25) is 0 Å². The molecule has 0 aliphatic rings. The van der Waals surface area contributed by atoms with E-state index in [2.05, 4.69) is 0 Å². The van der Waals surface area contributed by atoms with E-state index in [-0.39, 0.29) is 16.9 Å². The number of aryl methyl sites for hydroxylation is 2. The molecule has 0 fully saturated rings. The van der Waals surface area contributed by atoms with E-state index in [1.165, 1.54) is 13.1 Å². The number of anilines is 1.